The molecule has 0 amide bonds. The molecule has 0 bridgehead atoms. The van der Waals surface area contributed by atoms with Crippen LogP contribution in [-0.2, 0) is 15.9 Å². The van der Waals surface area contributed by atoms with Gasteiger partial charge in [-0.3, -0.25) is 0 Å². The Hall–Kier alpha value is -1.72. The van der Waals surface area contributed by atoms with E-state index in [9.17, 15) is 5.02 Å². The topological polar surface area (TPSA) is 50.7 Å². The van der Waals surface area contributed by atoms with Crippen LogP contribution in [-0.4, -0.2) is 18.7 Å². The average Bonchev–Trinajstić information content (AvgIpc) is 2.47. The van der Waals surface area contributed by atoms with Crippen molar-refractivity contribution < 1.29 is 14.5 Å². The van der Waals surface area contributed by atoms with Gasteiger partial charge in [-0.15, -0.1) is 0 Å². The van der Waals surface area contributed by atoms with E-state index in [2.05, 4.69) is 18.5 Å². The van der Waals surface area contributed by atoms with Crippen molar-refractivity contribution >= 4 is 18.3 Å². The molecule has 0 fully saturated rings. The van der Waals surface area contributed by atoms with Crippen molar-refractivity contribution in [3.63, 3.8) is 0 Å². The first kappa shape index (κ1) is 13.3. The van der Waals surface area contributed by atoms with Gasteiger partial charge < -0.3 is 14.5 Å². The lowest BCUT2D eigenvalue weighted by molar-refractivity contribution is 0.241. The van der Waals surface area contributed by atoms with Crippen molar-refractivity contribution in [2.45, 2.75) is 19.8 Å². The minimum atomic E-state index is -0.837. The van der Waals surface area contributed by atoms with Gasteiger partial charge >= 0.3 is 7.12 Å². The second kappa shape index (κ2) is 5.73. The molecule has 1 aliphatic carbocycles. The number of nitrogens with one attached hydrogen (secondary N) is 1. The first-order valence-electron chi connectivity index (χ1n) is 6.96. The summed E-state index contributed by atoms with van der Waals surface area (Å²) in [6, 6.07) is 5.84. The molecule has 0 aromatic heterocycles. The Morgan fingerprint density at radius 2 is 2.35 bits per heavy atom. The summed E-state index contributed by atoms with van der Waals surface area (Å²) in [6.07, 6.45) is 7.92. The molecule has 1 heterocycles. The normalized spacial score (nSPS) is 21.2. The number of fused-ring (bicyclic) bond motifs is 1. The van der Waals surface area contributed by atoms with Crippen LogP contribution in [0, 0.1) is 5.92 Å². The summed E-state index contributed by atoms with van der Waals surface area (Å²) in [4.78, 5) is 5.64. The fourth-order valence-corrected chi connectivity index (χ4v) is 2.46. The monoisotopic (exact) mass is 271 g/mol. The predicted octanol–water partition coefficient (Wildman–Crippen LogP) is 1.77. The van der Waals surface area contributed by atoms with Crippen molar-refractivity contribution in [3.05, 3.63) is 47.7 Å². The zero-order valence-corrected chi connectivity index (χ0v) is 11.5. The van der Waals surface area contributed by atoms with E-state index in [-0.39, 0.29) is 0 Å². The van der Waals surface area contributed by atoms with Crippen molar-refractivity contribution in [3.8, 4) is 0 Å². The summed E-state index contributed by atoms with van der Waals surface area (Å²) in [7, 11) is -0.837. The first-order valence-corrected chi connectivity index (χ1v) is 6.96. The van der Waals surface area contributed by atoms with Gasteiger partial charge in [0, 0.05) is 12.5 Å². The van der Waals surface area contributed by atoms with Crippen molar-refractivity contribution in [2.75, 3.05) is 12.1 Å². The predicted molar refractivity (Wildman–Crippen MR) is 79.4 cm³/mol. The number of hydrogen-bond acceptors (Lipinski definition) is 4. The van der Waals surface area contributed by atoms with Crippen molar-refractivity contribution in [1.82, 2.24) is 0 Å². The minimum absolute atomic E-state index is 0.374. The SMILES string of the molecule is CC1CC=CC=C1ONc1ccc2c(c1)B(O)OCC2. The lowest BCUT2D eigenvalue weighted by Crippen LogP contribution is -2.41. The van der Waals surface area contributed by atoms with Crippen molar-refractivity contribution in [1.29, 1.82) is 0 Å². The van der Waals surface area contributed by atoms with E-state index in [1.165, 1.54) is 0 Å². The van der Waals surface area contributed by atoms with E-state index in [0.717, 1.165) is 35.3 Å². The van der Waals surface area contributed by atoms with Crippen molar-refractivity contribution in [2.24, 2.45) is 5.92 Å². The molecule has 1 aromatic rings. The average molecular weight is 271 g/mol. The molecule has 104 valence electrons. The van der Waals surface area contributed by atoms with E-state index < -0.39 is 7.12 Å². The maximum absolute atomic E-state index is 9.83. The summed E-state index contributed by atoms with van der Waals surface area (Å²) in [5, 5.41) is 9.83. The summed E-state index contributed by atoms with van der Waals surface area (Å²) < 4.78 is 5.24. The molecule has 1 aromatic carbocycles. The van der Waals surface area contributed by atoms with E-state index in [0.29, 0.717) is 12.5 Å². The van der Waals surface area contributed by atoms with E-state index >= 15 is 0 Å². The maximum atomic E-state index is 9.83. The number of benzene rings is 1. The van der Waals surface area contributed by atoms with Crippen LogP contribution in [0.25, 0.3) is 0 Å². The summed E-state index contributed by atoms with van der Waals surface area (Å²) in [6.45, 7) is 2.69. The molecule has 0 spiro atoms. The molecule has 2 aliphatic rings. The molecule has 2 N–H and O–H groups in total. The molecule has 1 aliphatic heterocycles. The van der Waals surface area contributed by atoms with Gasteiger partial charge in [-0.25, -0.2) is 5.48 Å². The van der Waals surface area contributed by atoms with Gasteiger partial charge in [0.1, 0.15) is 5.76 Å². The molecule has 5 heteroatoms. The molecule has 4 nitrogen and oxygen atoms in total. The number of hydrogen-bond donors (Lipinski definition) is 2. The van der Waals surface area contributed by atoms with E-state index in [1.807, 2.05) is 30.4 Å². The summed E-state index contributed by atoms with van der Waals surface area (Å²) >= 11 is 0. The Labute approximate surface area is 119 Å². The van der Waals surface area contributed by atoms with Crippen LogP contribution in [0.5, 0.6) is 0 Å². The third kappa shape index (κ3) is 2.74. The third-order valence-corrected chi connectivity index (χ3v) is 3.72. The molecule has 1 atom stereocenters. The van der Waals surface area contributed by atoms with Gasteiger partial charge in [0.05, 0.1) is 5.69 Å². The lowest BCUT2D eigenvalue weighted by atomic mass is 9.73. The third-order valence-electron chi connectivity index (χ3n) is 3.72. The number of rotatable bonds is 3. The van der Waals surface area contributed by atoms with E-state index in [4.69, 9.17) is 9.49 Å². The molecule has 1 unspecified atom stereocenters. The second-order valence-corrected chi connectivity index (χ2v) is 5.22. The van der Waals surface area contributed by atoms with Gasteiger partial charge in [0.15, 0.2) is 0 Å². The highest BCUT2D eigenvalue weighted by atomic mass is 16.6. The quantitative estimate of drug-likeness (QED) is 0.650. The Bertz CT molecular complexity index is 556. The molecular weight excluding hydrogens is 253 g/mol. The van der Waals surface area contributed by atoms with E-state index in [1.54, 1.807) is 0 Å². The molecule has 3 rings (SSSR count). The Morgan fingerprint density at radius 3 is 3.20 bits per heavy atom. The molecular formula is C15H18BNO3. The number of allylic oxidation sites excluding steroid dienone is 4. The largest absolute Gasteiger partial charge is 0.491 e. The van der Waals surface area contributed by atoms with Gasteiger partial charge in [-0.1, -0.05) is 25.1 Å². The van der Waals surface area contributed by atoms with Gasteiger partial charge in [0.25, 0.3) is 0 Å². The van der Waals surface area contributed by atoms with Crippen LogP contribution >= 0.6 is 0 Å². The second-order valence-electron chi connectivity index (χ2n) is 5.22. The fourth-order valence-electron chi connectivity index (χ4n) is 2.46. The van der Waals surface area contributed by atoms with Gasteiger partial charge in [0.2, 0.25) is 0 Å². The Balaban J connectivity index is 1.70. The van der Waals surface area contributed by atoms with Crippen LogP contribution in [0.15, 0.2) is 42.2 Å². The molecule has 20 heavy (non-hydrogen) atoms. The summed E-state index contributed by atoms with van der Waals surface area (Å²) in [5.41, 5.74) is 5.70. The van der Waals surface area contributed by atoms with Gasteiger partial charge in [-0.05, 0) is 42.1 Å². The van der Waals surface area contributed by atoms with Gasteiger partial charge in [-0.2, -0.15) is 0 Å². The van der Waals surface area contributed by atoms with Crippen LogP contribution in [0.3, 0.4) is 0 Å². The highest BCUT2D eigenvalue weighted by Crippen LogP contribution is 2.21. The zero-order chi connectivity index (χ0) is 13.9. The van der Waals surface area contributed by atoms with Crippen LogP contribution in [0.4, 0.5) is 5.69 Å². The standard InChI is InChI=1S/C15H18BNO3/c1-11-4-2-3-5-15(11)20-17-13-7-6-12-8-9-19-16(18)14(12)10-13/h2-3,5-7,10-11,17-18H,4,8-9H2,1H3. The highest BCUT2D eigenvalue weighted by molar-refractivity contribution is 6.61. The summed E-state index contributed by atoms with van der Waals surface area (Å²) in [5.74, 6) is 1.29. The molecule has 0 saturated carbocycles. The maximum Gasteiger partial charge on any atom is 0.491 e. The lowest BCUT2D eigenvalue weighted by Gasteiger charge is -2.21. The molecule has 0 radical (unpaired) electrons. The zero-order valence-electron chi connectivity index (χ0n) is 11.5. The fraction of sp³-hybridized carbons (Fsp3) is 0.333. The minimum Gasteiger partial charge on any atom is -0.423 e. The highest BCUT2D eigenvalue weighted by Gasteiger charge is 2.24. The smallest absolute Gasteiger partial charge is 0.423 e. The molecule has 0 saturated heterocycles. The van der Waals surface area contributed by atoms with Crippen LogP contribution in [0.1, 0.15) is 18.9 Å². The Morgan fingerprint density at radius 1 is 1.45 bits per heavy atom. The van der Waals surface area contributed by atoms with Crippen LogP contribution < -0.4 is 10.9 Å². The first-order chi connectivity index (χ1) is 9.74. The number of anilines is 1. The Kier molecular flexibility index (Phi) is 3.80. The van der Waals surface area contributed by atoms with Crippen LogP contribution in [0.2, 0.25) is 0 Å².